The molecular formula is C26H23ClF3N7O4. The number of aryl methyl sites for hydroxylation is 1. The summed E-state index contributed by atoms with van der Waals surface area (Å²) in [5.74, 6) is -5.89. The fourth-order valence-corrected chi connectivity index (χ4v) is 5.40. The van der Waals surface area contributed by atoms with Crippen LogP contribution in [0, 0.1) is 24.4 Å². The minimum Gasteiger partial charge on any atom is -0.477 e. The monoisotopic (exact) mass is 589 g/mol. The summed E-state index contributed by atoms with van der Waals surface area (Å²) in [6, 6.07) is -1.19. The van der Waals surface area contributed by atoms with Crippen molar-refractivity contribution in [3.8, 4) is 6.01 Å². The molecule has 6 rings (SSSR count). The van der Waals surface area contributed by atoms with Crippen LogP contribution in [-0.4, -0.2) is 67.4 Å². The quantitative estimate of drug-likeness (QED) is 0.254. The molecule has 1 aromatic carbocycles. The Hall–Kier alpha value is -4.04. The molecule has 0 bridgehead atoms. The van der Waals surface area contributed by atoms with Gasteiger partial charge in [-0.3, -0.25) is 4.79 Å². The van der Waals surface area contributed by atoms with Crippen LogP contribution in [0.15, 0.2) is 17.2 Å². The number of benzene rings is 1. The maximum atomic E-state index is 16.1. The lowest BCUT2D eigenvalue weighted by atomic mass is 10.1. The first-order chi connectivity index (χ1) is 19.5. The minimum atomic E-state index is -1.60. The molecule has 1 saturated carbocycles. The van der Waals surface area contributed by atoms with Crippen LogP contribution in [0.25, 0.3) is 22.1 Å². The largest absolute Gasteiger partial charge is 0.477 e. The van der Waals surface area contributed by atoms with Gasteiger partial charge in [0.2, 0.25) is 5.43 Å². The van der Waals surface area contributed by atoms with Gasteiger partial charge in [0.05, 0.1) is 22.6 Å². The molecule has 1 aliphatic carbocycles. The van der Waals surface area contributed by atoms with E-state index in [9.17, 15) is 14.7 Å². The van der Waals surface area contributed by atoms with Crippen molar-refractivity contribution in [2.24, 2.45) is 0 Å². The Morgan fingerprint density at radius 1 is 1.17 bits per heavy atom. The molecule has 1 aliphatic heterocycles. The summed E-state index contributed by atoms with van der Waals surface area (Å²) in [6.07, 6.45) is 3.71. The van der Waals surface area contributed by atoms with E-state index in [0.717, 1.165) is 6.20 Å². The number of hydrogen-bond donors (Lipinski definition) is 2. The zero-order valence-corrected chi connectivity index (χ0v) is 22.5. The highest BCUT2D eigenvalue weighted by Gasteiger charge is 2.36. The SMILES string of the molecule is Cc1cnc2c(Cl)nc(OC[C@H]3CN(c4c(F)c(F)c5c(=O)c(C(=O)O)cn(C6CC6)c5c4F)C[C@@H](C)N3)nc2n1. The third-order valence-corrected chi connectivity index (χ3v) is 7.36. The molecule has 2 fully saturated rings. The van der Waals surface area contributed by atoms with Crippen molar-refractivity contribution in [3.05, 3.63) is 56.5 Å². The van der Waals surface area contributed by atoms with Gasteiger partial charge in [0.15, 0.2) is 28.3 Å². The maximum absolute atomic E-state index is 16.1. The van der Waals surface area contributed by atoms with Gasteiger partial charge in [-0.2, -0.15) is 9.97 Å². The molecule has 0 unspecified atom stereocenters. The summed E-state index contributed by atoms with van der Waals surface area (Å²) in [5.41, 5.74) is -1.94. The molecule has 1 saturated heterocycles. The smallest absolute Gasteiger partial charge is 0.341 e. The Balaban J connectivity index is 1.34. The van der Waals surface area contributed by atoms with Gasteiger partial charge in [0, 0.05) is 37.6 Å². The lowest BCUT2D eigenvalue weighted by Crippen LogP contribution is -2.58. The number of anilines is 1. The highest BCUT2D eigenvalue weighted by atomic mass is 35.5. The van der Waals surface area contributed by atoms with Gasteiger partial charge in [-0.25, -0.2) is 27.9 Å². The molecule has 0 spiro atoms. The van der Waals surface area contributed by atoms with E-state index in [4.69, 9.17) is 16.3 Å². The number of aromatic nitrogens is 5. The van der Waals surface area contributed by atoms with Crippen LogP contribution in [0.2, 0.25) is 5.15 Å². The normalized spacial score (nSPS) is 19.2. The van der Waals surface area contributed by atoms with Crippen LogP contribution in [-0.2, 0) is 0 Å². The lowest BCUT2D eigenvalue weighted by Gasteiger charge is -2.39. The van der Waals surface area contributed by atoms with E-state index in [1.165, 1.54) is 15.7 Å². The molecule has 0 amide bonds. The van der Waals surface area contributed by atoms with E-state index >= 15 is 13.2 Å². The number of fused-ring (bicyclic) bond motifs is 2. The first kappa shape index (κ1) is 27.1. The molecule has 41 heavy (non-hydrogen) atoms. The number of hydrogen-bond acceptors (Lipinski definition) is 9. The predicted octanol–water partition coefficient (Wildman–Crippen LogP) is 3.39. The van der Waals surface area contributed by atoms with Gasteiger partial charge in [0.1, 0.15) is 23.4 Å². The average Bonchev–Trinajstić information content (AvgIpc) is 3.75. The van der Waals surface area contributed by atoms with Crippen LogP contribution < -0.4 is 20.4 Å². The third-order valence-electron chi connectivity index (χ3n) is 7.09. The highest BCUT2D eigenvalue weighted by molar-refractivity contribution is 6.33. The zero-order chi connectivity index (χ0) is 29.2. The van der Waals surface area contributed by atoms with Crippen molar-refractivity contribution in [3.63, 3.8) is 0 Å². The highest BCUT2D eigenvalue weighted by Crippen LogP contribution is 2.40. The summed E-state index contributed by atoms with van der Waals surface area (Å²) in [7, 11) is 0. The summed E-state index contributed by atoms with van der Waals surface area (Å²) in [6.45, 7) is 3.62. The minimum absolute atomic E-state index is 0.00419. The Morgan fingerprint density at radius 2 is 1.93 bits per heavy atom. The third kappa shape index (κ3) is 4.80. The predicted molar refractivity (Wildman–Crippen MR) is 142 cm³/mol. The first-order valence-electron chi connectivity index (χ1n) is 12.8. The second-order valence-corrected chi connectivity index (χ2v) is 10.6. The Morgan fingerprint density at radius 3 is 2.63 bits per heavy atom. The van der Waals surface area contributed by atoms with Crippen molar-refractivity contribution in [2.45, 2.75) is 44.8 Å². The molecule has 0 radical (unpaired) electrons. The van der Waals surface area contributed by atoms with Crippen molar-refractivity contribution in [2.75, 3.05) is 24.6 Å². The number of carbonyl (C=O) groups is 1. The first-order valence-corrected chi connectivity index (χ1v) is 13.2. The van der Waals surface area contributed by atoms with Crippen LogP contribution >= 0.6 is 11.6 Å². The van der Waals surface area contributed by atoms with E-state index in [2.05, 4.69) is 25.3 Å². The number of nitrogens with zero attached hydrogens (tertiary/aromatic N) is 6. The number of piperazine rings is 1. The zero-order valence-electron chi connectivity index (χ0n) is 21.8. The van der Waals surface area contributed by atoms with Crippen molar-refractivity contribution in [1.29, 1.82) is 0 Å². The molecule has 4 heterocycles. The number of carboxylic acid groups (broad SMARTS) is 1. The fourth-order valence-electron chi connectivity index (χ4n) is 5.20. The van der Waals surface area contributed by atoms with Gasteiger partial charge in [-0.1, -0.05) is 11.6 Å². The summed E-state index contributed by atoms with van der Waals surface area (Å²) in [5, 5.41) is 11.8. The van der Waals surface area contributed by atoms with Gasteiger partial charge in [-0.15, -0.1) is 0 Å². The summed E-state index contributed by atoms with van der Waals surface area (Å²) >= 11 is 6.20. The molecule has 214 valence electrons. The van der Waals surface area contributed by atoms with Gasteiger partial charge >= 0.3 is 12.0 Å². The van der Waals surface area contributed by atoms with E-state index in [0.29, 0.717) is 24.1 Å². The molecule has 15 heteroatoms. The number of ether oxygens (including phenoxy) is 1. The molecular weight excluding hydrogens is 567 g/mol. The molecule has 2 atom stereocenters. The number of pyridine rings is 1. The number of aromatic carboxylic acids is 1. The van der Waals surface area contributed by atoms with Crippen LogP contribution in [0.3, 0.4) is 0 Å². The molecule has 3 aromatic heterocycles. The number of carboxylic acids is 1. The Kier molecular flexibility index (Phi) is 6.69. The van der Waals surface area contributed by atoms with E-state index in [-0.39, 0.29) is 48.6 Å². The number of rotatable bonds is 6. The van der Waals surface area contributed by atoms with Gasteiger partial charge < -0.3 is 24.6 Å². The Labute approximate surface area is 235 Å². The van der Waals surface area contributed by atoms with Gasteiger partial charge in [-0.05, 0) is 26.7 Å². The standard InChI is InChI=1S/C26H23ClF3N7O4/c1-10-5-31-19-23(27)34-26(35-24(19)33-10)41-9-12-7-36(6-11(2)32-12)21-17(29)16(28)15-20(18(21)30)37(13-3-4-13)8-14(22(15)38)25(39)40/h5,8,11-13,32H,3-4,6-7,9H2,1-2H3,(H,39,40)/t11-,12-/m1/s1. The van der Waals surface area contributed by atoms with E-state index < -0.39 is 57.0 Å². The summed E-state index contributed by atoms with van der Waals surface area (Å²) in [4.78, 5) is 42.5. The van der Waals surface area contributed by atoms with Crippen LogP contribution in [0.5, 0.6) is 6.01 Å². The van der Waals surface area contributed by atoms with E-state index in [1.807, 2.05) is 0 Å². The van der Waals surface area contributed by atoms with E-state index in [1.54, 1.807) is 13.8 Å². The van der Waals surface area contributed by atoms with Gasteiger partial charge in [0.25, 0.3) is 0 Å². The second kappa shape index (κ2) is 10.1. The molecule has 2 N–H and O–H groups in total. The molecule has 11 nitrogen and oxygen atoms in total. The maximum Gasteiger partial charge on any atom is 0.341 e. The number of nitrogens with one attached hydrogen (secondary N) is 1. The average molecular weight is 590 g/mol. The van der Waals surface area contributed by atoms with Crippen molar-refractivity contribution in [1.82, 2.24) is 29.8 Å². The number of halogens is 4. The fraction of sp³-hybridized carbons (Fsp3) is 0.385. The Bertz CT molecular complexity index is 1800. The van der Waals surface area contributed by atoms with Crippen LogP contribution in [0.1, 0.15) is 41.9 Å². The lowest BCUT2D eigenvalue weighted by molar-refractivity contribution is 0.0694. The van der Waals surface area contributed by atoms with Crippen molar-refractivity contribution < 1.29 is 27.8 Å². The second-order valence-electron chi connectivity index (χ2n) is 10.3. The van der Waals surface area contributed by atoms with Crippen LogP contribution in [0.4, 0.5) is 18.9 Å². The molecule has 4 aromatic rings. The topological polar surface area (TPSA) is 135 Å². The summed E-state index contributed by atoms with van der Waals surface area (Å²) < 4.78 is 54.1. The molecule has 2 aliphatic rings. The van der Waals surface area contributed by atoms with Crippen molar-refractivity contribution >= 4 is 45.3 Å².